The van der Waals surface area contributed by atoms with Gasteiger partial charge in [-0.05, 0) is 103 Å². The fraction of sp³-hybridized carbons (Fsp3) is 0.552. The van der Waals surface area contributed by atoms with Crippen LogP contribution in [0.3, 0.4) is 0 Å². The van der Waals surface area contributed by atoms with E-state index in [1.165, 1.54) is 11.1 Å². The number of rotatable bonds is 7. The molecule has 196 valence electrons. The fourth-order valence-electron chi connectivity index (χ4n) is 7.52. The van der Waals surface area contributed by atoms with Crippen molar-refractivity contribution in [3.63, 3.8) is 0 Å². The lowest BCUT2D eigenvalue weighted by molar-refractivity contribution is -0.121. The molecule has 1 saturated carbocycles. The average Bonchev–Trinajstić information content (AvgIpc) is 3.50. The lowest BCUT2D eigenvalue weighted by atomic mass is 9.56. The first-order valence-corrected chi connectivity index (χ1v) is 13.7. The molecular weight excluding hydrogens is 469 g/mol. The summed E-state index contributed by atoms with van der Waals surface area (Å²) in [6.07, 6.45) is 6.63. The van der Waals surface area contributed by atoms with Gasteiger partial charge in [0, 0.05) is 13.0 Å². The molecule has 4 aliphatic rings. The highest BCUT2D eigenvalue weighted by Crippen LogP contribution is 2.58. The van der Waals surface area contributed by atoms with Crippen molar-refractivity contribution in [1.29, 1.82) is 0 Å². The Bertz CT molecular complexity index is 1170. The molecule has 6 rings (SSSR count). The van der Waals surface area contributed by atoms with Crippen molar-refractivity contribution in [3.05, 3.63) is 53.1 Å². The number of ether oxygens (including phenoxy) is 3. The van der Waals surface area contributed by atoms with E-state index in [0.717, 1.165) is 62.2 Å². The molecule has 2 aliphatic heterocycles. The number of benzene rings is 2. The summed E-state index contributed by atoms with van der Waals surface area (Å²) >= 11 is 0. The predicted molar refractivity (Wildman–Crippen MR) is 140 cm³/mol. The van der Waals surface area contributed by atoms with Gasteiger partial charge in [-0.3, -0.25) is 4.79 Å². The third-order valence-electron chi connectivity index (χ3n) is 9.29. The van der Waals surface area contributed by atoms with Gasteiger partial charge in [0.05, 0.1) is 12.2 Å². The number of hydrogen-bond donors (Lipinski definition) is 3. The third kappa shape index (κ3) is 4.75. The number of fused-ring (bicyclic) bond motifs is 6. The van der Waals surface area contributed by atoms with Crippen LogP contribution in [0.4, 0.5) is 0 Å². The number of carbonyl (C=O) groups is 1. The van der Waals surface area contributed by atoms with Crippen LogP contribution >= 0.6 is 0 Å². The molecule has 3 N–H and O–H groups in total. The maximum absolute atomic E-state index is 12.6. The molecule has 0 aromatic heterocycles. The minimum absolute atomic E-state index is 0.0772. The van der Waals surface area contributed by atoms with Gasteiger partial charge < -0.3 is 29.6 Å². The summed E-state index contributed by atoms with van der Waals surface area (Å²) in [6, 6.07) is 11.7. The van der Waals surface area contributed by atoms with Crippen molar-refractivity contribution in [3.8, 4) is 11.5 Å². The van der Waals surface area contributed by atoms with Crippen LogP contribution < -0.4 is 20.3 Å². The molecule has 2 heterocycles. The van der Waals surface area contributed by atoms with E-state index in [-0.39, 0.29) is 18.3 Å². The monoisotopic (exact) mass is 505 g/mol. The smallest absolute Gasteiger partial charge is 0.454 e. The SMILES string of the molecule is C[C@]12CCC3c4ccc(B(O)O)cc4CCC3C1[C@@H](CCCC(=O)NCc1ccc3c(c1)OCO3)CO2. The van der Waals surface area contributed by atoms with Crippen molar-refractivity contribution in [2.45, 2.75) is 69.9 Å². The summed E-state index contributed by atoms with van der Waals surface area (Å²) in [7, 11) is -1.42. The second-order valence-corrected chi connectivity index (χ2v) is 11.4. The van der Waals surface area contributed by atoms with Crippen LogP contribution in [0.2, 0.25) is 0 Å². The molecule has 5 atom stereocenters. The molecule has 2 fully saturated rings. The normalized spacial score (nSPS) is 29.3. The predicted octanol–water partition coefficient (Wildman–Crippen LogP) is 3.04. The molecule has 0 radical (unpaired) electrons. The third-order valence-corrected chi connectivity index (χ3v) is 9.29. The van der Waals surface area contributed by atoms with E-state index in [2.05, 4.69) is 18.3 Å². The van der Waals surface area contributed by atoms with Gasteiger partial charge in [0.25, 0.3) is 0 Å². The van der Waals surface area contributed by atoms with E-state index >= 15 is 0 Å². The van der Waals surface area contributed by atoms with Crippen LogP contribution in [0.5, 0.6) is 11.5 Å². The van der Waals surface area contributed by atoms with Crippen LogP contribution in [0.1, 0.15) is 68.1 Å². The first-order valence-electron chi connectivity index (χ1n) is 13.7. The summed E-state index contributed by atoms with van der Waals surface area (Å²) in [5, 5.41) is 22.2. The van der Waals surface area contributed by atoms with Gasteiger partial charge in [-0.2, -0.15) is 0 Å². The van der Waals surface area contributed by atoms with Crippen molar-refractivity contribution >= 4 is 18.5 Å². The molecule has 1 amide bonds. The van der Waals surface area contributed by atoms with Crippen molar-refractivity contribution in [2.24, 2.45) is 17.8 Å². The quantitative estimate of drug-likeness (QED) is 0.501. The molecule has 8 heteroatoms. The van der Waals surface area contributed by atoms with E-state index < -0.39 is 7.12 Å². The number of amides is 1. The zero-order valence-electron chi connectivity index (χ0n) is 21.4. The Morgan fingerprint density at radius 1 is 1.14 bits per heavy atom. The standard InChI is InChI=1S/C29H36BNO6/c1-29-12-11-23-22-9-7-21(30(33)34)14-19(22)6-8-24(23)28(29)20(16-37-29)3-2-4-27(32)31-15-18-5-10-25-26(13-18)36-17-35-25/h5,7,9-10,13-14,20,23-24,28,33-34H,2-4,6,8,11-12,15-17H2,1H3,(H,31,32)/t20-,23?,24?,28?,29-/m0/s1. The van der Waals surface area contributed by atoms with Crippen molar-refractivity contribution < 1.29 is 29.1 Å². The maximum Gasteiger partial charge on any atom is 0.488 e. The molecule has 2 aliphatic carbocycles. The fourth-order valence-corrected chi connectivity index (χ4v) is 7.52. The lowest BCUT2D eigenvalue weighted by Gasteiger charge is -2.49. The second-order valence-electron chi connectivity index (χ2n) is 11.4. The van der Waals surface area contributed by atoms with E-state index in [1.54, 1.807) is 0 Å². The number of hydrogen-bond acceptors (Lipinski definition) is 6. The minimum Gasteiger partial charge on any atom is -0.454 e. The van der Waals surface area contributed by atoms with Gasteiger partial charge in [-0.25, -0.2) is 0 Å². The zero-order chi connectivity index (χ0) is 25.6. The van der Waals surface area contributed by atoms with Gasteiger partial charge in [0.15, 0.2) is 11.5 Å². The molecule has 2 aromatic rings. The highest BCUT2D eigenvalue weighted by molar-refractivity contribution is 6.58. The van der Waals surface area contributed by atoms with Crippen LogP contribution in [0, 0.1) is 17.8 Å². The minimum atomic E-state index is -1.42. The molecular formula is C29H36BNO6. The average molecular weight is 505 g/mol. The molecule has 1 saturated heterocycles. The summed E-state index contributed by atoms with van der Waals surface area (Å²) in [5.41, 5.74) is 4.16. The van der Waals surface area contributed by atoms with E-state index in [1.807, 2.05) is 30.3 Å². The number of carbonyl (C=O) groups excluding carboxylic acids is 1. The van der Waals surface area contributed by atoms with Gasteiger partial charge >= 0.3 is 7.12 Å². The Balaban J connectivity index is 1.05. The molecule has 3 unspecified atom stereocenters. The van der Waals surface area contributed by atoms with Gasteiger partial charge in [0.2, 0.25) is 12.7 Å². The van der Waals surface area contributed by atoms with E-state index in [4.69, 9.17) is 14.2 Å². The molecule has 37 heavy (non-hydrogen) atoms. The van der Waals surface area contributed by atoms with E-state index in [0.29, 0.717) is 42.1 Å². The van der Waals surface area contributed by atoms with Crippen molar-refractivity contribution in [1.82, 2.24) is 5.32 Å². The molecule has 2 aromatic carbocycles. The van der Waals surface area contributed by atoms with Gasteiger partial charge in [-0.15, -0.1) is 0 Å². The highest BCUT2D eigenvalue weighted by atomic mass is 16.7. The summed E-state index contributed by atoms with van der Waals surface area (Å²) in [5.74, 6) is 3.61. The van der Waals surface area contributed by atoms with Crippen LogP contribution in [-0.4, -0.2) is 42.1 Å². The first-order chi connectivity index (χ1) is 17.9. The summed E-state index contributed by atoms with van der Waals surface area (Å²) in [4.78, 5) is 12.6. The van der Waals surface area contributed by atoms with E-state index in [9.17, 15) is 14.8 Å². The van der Waals surface area contributed by atoms with Gasteiger partial charge in [-0.1, -0.05) is 24.3 Å². The van der Waals surface area contributed by atoms with Gasteiger partial charge in [0.1, 0.15) is 0 Å². The highest BCUT2D eigenvalue weighted by Gasteiger charge is 2.55. The summed E-state index contributed by atoms with van der Waals surface area (Å²) < 4.78 is 17.2. The largest absolute Gasteiger partial charge is 0.488 e. The van der Waals surface area contributed by atoms with Crippen molar-refractivity contribution in [2.75, 3.05) is 13.4 Å². The molecule has 7 nitrogen and oxygen atoms in total. The Morgan fingerprint density at radius 2 is 2.00 bits per heavy atom. The van der Waals surface area contributed by atoms with Crippen LogP contribution in [0.25, 0.3) is 0 Å². The number of nitrogens with one attached hydrogen (secondary N) is 1. The summed E-state index contributed by atoms with van der Waals surface area (Å²) in [6.45, 7) is 3.82. The topological polar surface area (TPSA) is 97.3 Å². The second kappa shape index (κ2) is 9.97. The lowest BCUT2D eigenvalue weighted by Crippen LogP contribution is -2.47. The first kappa shape index (κ1) is 24.8. The maximum atomic E-state index is 12.6. The Labute approximate surface area is 218 Å². The zero-order valence-corrected chi connectivity index (χ0v) is 21.4. The Kier molecular flexibility index (Phi) is 6.67. The number of aryl methyl sites for hydroxylation is 1. The van der Waals surface area contributed by atoms with Crippen LogP contribution in [-0.2, 0) is 22.5 Å². The Hall–Kier alpha value is -2.55. The van der Waals surface area contributed by atoms with Crippen LogP contribution in [0.15, 0.2) is 36.4 Å². The molecule has 0 bridgehead atoms. The molecule has 0 spiro atoms. The Morgan fingerprint density at radius 3 is 2.86 bits per heavy atom.